The monoisotopic (exact) mass is 484 g/mol. The first-order chi connectivity index (χ1) is 16.0. The molecule has 0 fully saturated rings. The van der Waals surface area contributed by atoms with Crippen LogP contribution in [0.5, 0.6) is 5.75 Å². The van der Waals surface area contributed by atoms with Crippen molar-refractivity contribution in [2.45, 2.75) is 38.6 Å². The van der Waals surface area contributed by atoms with Crippen LogP contribution in [0.3, 0.4) is 0 Å². The Morgan fingerprint density at radius 1 is 0.971 bits per heavy atom. The summed E-state index contributed by atoms with van der Waals surface area (Å²) >= 11 is 0. The van der Waals surface area contributed by atoms with Crippen molar-refractivity contribution >= 4 is 21.6 Å². The number of hydrogen-bond acceptors (Lipinski definition) is 4. The molecule has 0 aromatic heterocycles. The van der Waals surface area contributed by atoms with E-state index < -0.39 is 28.3 Å². The Labute approximate surface area is 200 Å². The summed E-state index contributed by atoms with van der Waals surface area (Å²) in [6.07, 6.45) is 0. The molecule has 180 valence electrons. The van der Waals surface area contributed by atoms with Crippen LogP contribution in [0.1, 0.15) is 35.2 Å². The van der Waals surface area contributed by atoms with Crippen LogP contribution in [-0.2, 0) is 14.8 Å². The predicted molar refractivity (Wildman–Crippen MR) is 131 cm³/mol. The summed E-state index contributed by atoms with van der Waals surface area (Å²) in [4.78, 5) is 13.0. The van der Waals surface area contributed by atoms with Crippen LogP contribution >= 0.6 is 0 Å². The topological polar surface area (TPSA) is 75.7 Å². The fourth-order valence-corrected chi connectivity index (χ4v) is 5.16. The maximum absolute atomic E-state index is 13.5. The van der Waals surface area contributed by atoms with Gasteiger partial charge in [0.05, 0.1) is 23.7 Å². The van der Waals surface area contributed by atoms with E-state index in [1.54, 1.807) is 0 Å². The third kappa shape index (κ3) is 5.56. The molecule has 0 spiro atoms. The van der Waals surface area contributed by atoms with Gasteiger partial charge >= 0.3 is 0 Å². The number of methoxy groups -OCH3 is 1. The van der Waals surface area contributed by atoms with E-state index in [9.17, 15) is 17.6 Å². The van der Waals surface area contributed by atoms with Gasteiger partial charge in [-0.1, -0.05) is 12.1 Å². The molecule has 34 heavy (non-hydrogen) atoms. The van der Waals surface area contributed by atoms with E-state index in [2.05, 4.69) is 11.4 Å². The lowest BCUT2D eigenvalue weighted by Gasteiger charge is -2.25. The minimum atomic E-state index is -4.11. The van der Waals surface area contributed by atoms with Gasteiger partial charge in [0.1, 0.15) is 18.1 Å². The molecule has 0 aliphatic carbocycles. The van der Waals surface area contributed by atoms with Gasteiger partial charge < -0.3 is 10.1 Å². The molecule has 0 saturated heterocycles. The smallest absolute Gasteiger partial charge is 0.264 e. The summed E-state index contributed by atoms with van der Waals surface area (Å²) in [7, 11) is -2.63. The molecule has 3 aromatic carbocycles. The second-order valence-corrected chi connectivity index (χ2v) is 10.1. The number of aryl methyl sites for hydroxylation is 3. The summed E-state index contributed by atoms with van der Waals surface area (Å²) in [5.74, 6) is -0.483. The second-order valence-electron chi connectivity index (χ2n) is 8.25. The summed E-state index contributed by atoms with van der Waals surface area (Å²) in [6.45, 7) is 7.40. The lowest BCUT2D eigenvalue weighted by molar-refractivity contribution is -0.120. The number of benzene rings is 3. The van der Waals surface area contributed by atoms with Crippen molar-refractivity contribution in [2.24, 2.45) is 0 Å². The number of halogens is 1. The zero-order chi connectivity index (χ0) is 25.0. The summed E-state index contributed by atoms with van der Waals surface area (Å²) in [6, 6.07) is 14.6. The van der Waals surface area contributed by atoms with Crippen LogP contribution in [0.25, 0.3) is 0 Å². The Hall–Kier alpha value is -3.39. The van der Waals surface area contributed by atoms with Gasteiger partial charge in [-0.3, -0.25) is 9.10 Å². The highest BCUT2D eigenvalue weighted by Crippen LogP contribution is 2.26. The second kappa shape index (κ2) is 10.3. The SMILES string of the molecule is COc1ccc(S(=O)(=O)N(CC(=O)N[C@H](C)c2cc(C)c(C)cc2C)c2ccc(F)cc2)cc1. The zero-order valence-electron chi connectivity index (χ0n) is 19.9. The fraction of sp³-hybridized carbons (Fsp3) is 0.269. The van der Waals surface area contributed by atoms with Gasteiger partial charge in [-0.15, -0.1) is 0 Å². The van der Waals surface area contributed by atoms with Gasteiger partial charge in [-0.2, -0.15) is 0 Å². The van der Waals surface area contributed by atoms with Crippen molar-refractivity contribution in [3.63, 3.8) is 0 Å². The largest absolute Gasteiger partial charge is 0.497 e. The number of nitrogens with zero attached hydrogens (tertiary/aromatic N) is 1. The number of hydrogen-bond donors (Lipinski definition) is 1. The normalized spacial score (nSPS) is 12.2. The Kier molecular flexibility index (Phi) is 7.61. The number of sulfonamides is 1. The summed E-state index contributed by atoms with van der Waals surface area (Å²) in [5.41, 5.74) is 4.45. The van der Waals surface area contributed by atoms with Crippen LogP contribution in [0.15, 0.2) is 65.6 Å². The number of nitrogens with one attached hydrogen (secondary N) is 1. The lowest BCUT2D eigenvalue weighted by Crippen LogP contribution is -2.41. The van der Waals surface area contributed by atoms with Crippen LogP contribution in [0, 0.1) is 26.6 Å². The Balaban J connectivity index is 1.90. The quantitative estimate of drug-likeness (QED) is 0.497. The minimum Gasteiger partial charge on any atom is -0.497 e. The third-order valence-corrected chi connectivity index (χ3v) is 7.56. The van der Waals surface area contributed by atoms with Crippen molar-refractivity contribution in [3.05, 3.63) is 88.7 Å². The van der Waals surface area contributed by atoms with Gasteiger partial charge in [0, 0.05) is 0 Å². The maximum atomic E-state index is 13.5. The van der Waals surface area contributed by atoms with E-state index in [0.717, 1.165) is 38.7 Å². The molecule has 1 atom stereocenters. The van der Waals surface area contributed by atoms with Crippen molar-refractivity contribution in [1.29, 1.82) is 0 Å². The number of amides is 1. The third-order valence-electron chi connectivity index (χ3n) is 5.78. The van der Waals surface area contributed by atoms with Crippen LogP contribution < -0.4 is 14.4 Å². The van der Waals surface area contributed by atoms with Crippen molar-refractivity contribution < 1.29 is 22.3 Å². The molecule has 0 bridgehead atoms. The molecule has 3 rings (SSSR count). The minimum absolute atomic E-state index is 0.0107. The summed E-state index contributed by atoms with van der Waals surface area (Å²) in [5, 5.41) is 2.90. The lowest BCUT2D eigenvalue weighted by atomic mass is 9.96. The average Bonchev–Trinajstić information content (AvgIpc) is 2.80. The highest BCUT2D eigenvalue weighted by molar-refractivity contribution is 7.92. The van der Waals surface area contributed by atoms with Crippen LogP contribution in [0.4, 0.5) is 10.1 Å². The Bertz CT molecular complexity index is 1270. The molecule has 3 aromatic rings. The Morgan fingerprint density at radius 3 is 2.15 bits per heavy atom. The van der Waals surface area contributed by atoms with Crippen molar-refractivity contribution in [3.8, 4) is 5.75 Å². The van der Waals surface area contributed by atoms with E-state index in [1.165, 1.54) is 43.5 Å². The summed E-state index contributed by atoms with van der Waals surface area (Å²) < 4.78 is 46.5. The first-order valence-corrected chi connectivity index (χ1v) is 12.3. The number of rotatable bonds is 8. The molecule has 0 heterocycles. The van der Waals surface area contributed by atoms with Gasteiger partial charge in [0.2, 0.25) is 5.91 Å². The molecule has 1 N–H and O–H groups in total. The van der Waals surface area contributed by atoms with E-state index >= 15 is 0 Å². The molecule has 0 aliphatic heterocycles. The Morgan fingerprint density at radius 2 is 1.56 bits per heavy atom. The van der Waals surface area contributed by atoms with Gasteiger partial charge in [-0.05, 0) is 98.5 Å². The predicted octanol–water partition coefficient (Wildman–Crippen LogP) is 4.83. The van der Waals surface area contributed by atoms with E-state index in [-0.39, 0.29) is 16.6 Å². The molecule has 0 saturated carbocycles. The standard InChI is InChI=1S/C26H29FN2O4S/c1-17-14-19(3)25(15-18(17)2)20(4)28-26(30)16-29(22-8-6-21(27)7-9-22)34(31,32)24-12-10-23(33-5)11-13-24/h6-15,20H,16H2,1-5H3,(H,28,30)/t20-/m1/s1. The molecule has 8 heteroatoms. The highest BCUT2D eigenvalue weighted by Gasteiger charge is 2.28. The highest BCUT2D eigenvalue weighted by atomic mass is 32.2. The molecular weight excluding hydrogens is 455 g/mol. The number of anilines is 1. The first kappa shape index (κ1) is 25.2. The van der Waals surface area contributed by atoms with E-state index in [4.69, 9.17) is 4.74 Å². The zero-order valence-corrected chi connectivity index (χ0v) is 20.7. The molecule has 1 amide bonds. The molecular formula is C26H29FN2O4S. The van der Waals surface area contributed by atoms with Gasteiger partial charge in [-0.25, -0.2) is 12.8 Å². The van der Waals surface area contributed by atoms with E-state index in [1.807, 2.05) is 33.8 Å². The number of ether oxygens (including phenoxy) is 1. The molecule has 0 unspecified atom stereocenters. The number of carbonyl (C=O) groups excluding carboxylic acids is 1. The van der Waals surface area contributed by atoms with Crippen molar-refractivity contribution in [1.82, 2.24) is 5.32 Å². The molecule has 6 nitrogen and oxygen atoms in total. The van der Waals surface area contributed by atoms with Gasteiger partial charge in [0.15, 0.2) is 0 Å². The van der Waals surface area contributed by atoms with Gasteiger partial charge in [0.25, 0.3) is 10.0 Å². The fourth-order valence-electron chi connectivity index (χ4n) is 3.74. The molecule has 0 aliphatic rings. The average molecular weight is 485 g/mol. The van der Waals surface area contributed by atoms with Crippen LogP contribution in [-0.4, -0.2) is 28.0 Å². The van der Waals surface area contributed by atoms with Crippen LogP contribution in [0.2, 0.25) is 0 Å². The van der Waals surface area contributed by atoms with Crippen molar-refractivity contribution in [2.75, 3.05) is 18.0 Å². The number of carbonyl (C=O) groups is 1. The van der Waals surface area contributed by atoms with E-state index in [0.29, 0.717) is 5.75 Å². The molecule has 0 radical (unpaired) electrons. The maximum Gasteiger partial charge on any atom is 0.264 e. The first-order valence-electron chi connectivity index (χ1n) is 10.8.